The van der Waals surface area contributed by atoms with Crippen LogP contribution < -0.4 is 4.74 Å². The van der Waals surface area contributed by atoms with Crippen LogP contribution in [0.2, 0.25) is 0 Å². The molecule has 0 radical (unpaired) electrons. The molecule has 0 bridgehead atoms. The van der Waals surface area contributed by atoms with Crippen molar-refractivity contribution < 1.29 is 19.4 Å². The Balaban J connectivity index is 1.46. The van der Waals surface area contributed by atoms with Crippen molar-refractivity contribution in [2.45, 2.75) is 110 Å². The number of rotatable bonds is 19. The van der Waals surface area contributed by atoms with E-state index >= 15 is 0 Å². The van der Waals surface area contributed by atoms with E-state index in [9.17, 15) is 14.7 Å². The molecule has 0 aliphatic heterocycles. The fourth-order valence-corrected chi connectivity index (χ4v) is 5.35. The lowest BCUT2D eigenvalue weighted by atomic mass is 9.99. The standard InChI is InChI=1S/C36H48O4/c1-3-5-6-7-8-9-10-11-12-13-14-15-16-17-21-30(36(38)39)27-34(37)40-35-32-22-19-18-20-29(32)26-31-25-28(4-2)23-24-33(31)35/h17-26,30H,3-16,27H2,1-2H3,(H,38,39). The second-order valence-corrected chi connectivity index (χ2v) is 11.1. The van der Waals surface area contributed by atoms with E-state index < -0.39 is 17.9 Å². The van der Waals surface area contributed by atoms with Gasteiger partial charge in [0.15, 0.2) is 0 Å². The molecule has 3 aromatic rings. The summed E-state index contributed by atoms with van der Waals surface area (Å²) in [6.07, 6.45) is 20.7. The number of hydrogen-bond donors (Lipinski definition) is 1. The van der Waals surface area contributed by atoms with E-state index in [-0.39, 0.29) is 6.42 Å². The molecule has 0 saturated carbocycles. The predicted octanol–water partition coefficient (Wildman–Crippen LogP) is 10.2. The van der Waals surface area contributed by atoms with Gasteiger partial charge in [-0.05, 0) is 41.7 Å². The van der Waals surface area contributed by atoms with Crippen LogP contribution in [0.5, 0.6) is 5.75 Å². The van der Waals surface area contributed by atoms with Gasteiger partial charge in [-0.1, -0.05) is 139 Å². The van der Waals surface area contributed by atoms with E-state index in [0.29, 0.717) is 5.75 Å². The topological polar surface area (TPSA) is 63.6 Å². The number of allylic oxidation sites excluding steroid dienone is 1. The highest BCUT2D eigenvalue weighted by Crippen LogP contribution is 2.36. The molecule has 40 heavy (non-hydrogen) atoms. The molecule has 1 atom stereocenters. The Bertz CT molecular complexity index is 1240. The van der Waals surface area contributed by atoms with Crippen molar-refractivity contribution in [3.63, 3.8) is 0 Å². The largest absolute Gasteiger partial charge is 0.481 e. The SMILES string of the molecule is CCCCCCCCCCCCCCC=CC(CC(=O)Oc1c2ccccc2cc2cc(CC)ccc12)C(=O)O. The van der Waals surface area contributed by atoms with Gasteiger partial charge in [-0.15, -0.1) is 0 Å². The third-order valence-corrected chi connectivity index (χ3v) is 7.80. The molecular formula is C36H48O4. The lowest BCUT2D eigenvalue weighted by molar-refractivity contribution is -0.145. The zero-order chi connectivity index (χ0) is 28.6. The van der Waals surface area contributed by atoms with E-state index in [1.807, 2.05) is 42.5 Å². The van der Waals surface area contributed by atoms with Crippen molar-refractivity contribution in [2.24, 2.45) is 5.92 Å². The first kappa shape index (κ1) is 31.4. The van der Waals surface area contributed by atoms with Crippen LogP contribution in [0.25, 0.3) is 21.5 Å². The Morgan fingerprint density at radius 1 is 0.775 bits per heavy atom. The predicted molar refractivity (Wildman–Crippen MR) is 167 cm³/mol. The first-order valence-electron chi connectivity index (χ1n) is 15.6. The van der Waals surface area contributed by atoms with Gasteiger partial charge in [0.25, 0.3) is 0 Å². The van der Waals surface area contributed by atoms with Gasteiger partial charge < -0.3 is 9.84 Å². The third-order valence-electron chi connectivity index (χ3n) is 7.80. The molecule has 3 rings (SSSR count). The maximum Gasteiger partial charge on any atom is 0.312 e. The zero-order valence-corrected chi connectivity index (χ0v) is 24.6. The van der Waals surface area contributed by atoms with E-state index in [2.05, 4.69) is 26.0 Å². The van der Waals surface area contributed by atoms with Crippen LogP contribution >= 0.6 is 0 Å². The summed E-state index contributed by atoms with van der Waals surface area (Å²) >= 11 is 0. The van der Waals surface area contributed by atoms with Crippen LogP contribution in [0.4, 0.5) is 0 Å². The van der Waals surface area contributed by atoms with E-state index in [4.69, 9.17) is 4.74 Å². The summed E-state index contributed by atoms with van der Waals surface area (Å²) in [6, 6.07) is 16.1. The maximum absolute atomic E-state index is 13.0. The quantitative estimate of drug-likeness (QED) is 0.0536. The second-order valence-electron chi connectivity index (χ2n) is 11.1. The summed E-state index contributed by atoms with van der Waals surface area (Å²) in [6.45, 7) is 4.37. The van der Waals surface area contributed by atoms with Crippen LogP contribution in [0.3, 0.4) is 0 Å². The van der Waals surface area contributed by atoms with Crippen molar-refractivity contribution in [2.75, 3.05) is 0 Å². The molecule has 4 heteroatoms. The summed E-state index contributed by atoms with van der Waals surface area (Å²) in [5.41, 5.74) is 1.21. The minimum Gasteiger partial charge on any atom is -0.481 e. The third kappa shape index (κ3) is 10.1. The average Bonchev–Trinajstić information content (AvgIpc) is 2.96. The maximum atomic E-state index is 13.0. The van der Waals surface area contributed by atoms with E-state index in [1.54, 1.807) is 6.08 Å². The van der Waals surface area contributed by atoms with Gasteiger partial charge in [0.2, 0.25) is 0 Å². The van der Waals surface area contributed by atoms with Crippen molar-refractivity contribution in [3.8, 4) is 5.75 Å². The van der Waals surface area contributed by atoms with Crippen molar-refractivity contribution in [1.82, 2.24) is 0 Å². The van der Waals surface area contributed by atoms with Gasteiger partial charge in [0.05, 0.1) is 12.3 Å². The van der Waals surface area contributed by atoms with E-state index in [0.717, 1.165) is 47.2 Å². The second kappa shape index (κ2) is 17.5. The number of carboxylic acids is 1. The molecular weight excluding hydrogens is 496 g/mol. The molecule has 0 aliphatic rings. The summed E-state index contributed by atoms with van der Waals surface area (Å²) in [4.78, 5) is 24.9. The average molecular weight is 545 g/mol. The number of aryl methyl sites for hydroxylation is 1. The number of fused-ring (bicyclic) bond motifs is 2. The molecule has 216 valence electrons. The number of aliphatic carboxylic acids is 1. The number of unbranched alkanes of at least 4 members (excludes halogenated alkanes) is 12. The first-order valence-corrected chi connectivity index (χ1v) is 15.6. The van der Waals surface area contributed by atoms with Crippen LogP contribution in [0.1, 0.15) is 109 Å². The van der Waals surface area contributed by atoms with Gasteiger partial charge in [-0.2, -0.15) is 0 Å². The Labute approximate surface area is 240 Å². The molecule has 0 heterocycles. The Morgan fingerprint density at radius 3 is 2.05 bits per heavy atom. The molecule has 0 fully saturated rings. The molecule has 0 spiro atoms. The van der Waals surface area contributed by atoms with Gasteiger partial charge in [0.1, 0.15) is 5.75 Å². The summed E-state index contributed by atoms with van der Waals surface area (Å²) in [5, 5.41) is 13.4. The van der Waals surface area contributed by atoms with Crippen LogP contribution in [0.15, 0.2) is 60.7 Å². The molecule has 0 aromatic heterocycles. The molecule has 0 saturated heterocycles. The van der Waals surface area contributed by atoms with Crippen molar-refractivity contribution in [1.29, 1.82) is 0 Å². The summed E-state index contributed by atoms with van der Waals surface area (Å²) < 4.78 is 5.88. The van der Waals surface area contributed by atoms with Gasteiger partial charge in [0, 0.05) is 10.8 Å². The smallest absolute Gasteiger partial charge is 0.312 e. The number of carboxylic acid groups (broad SMARTS) is 1. The van der Waals surface area contributed by atoms with Gasteiger partial charge in [-0.25, -0.2) is 0 Å². The molecule has 1 unspecified atom stereocenters. The lowest BCUT2D eigenvalue weighted by Gasteiger charge is -2.14. The molecule has 0 aliphatic carbocycles. The van der Waals surface area contributed by atoms with Crippen LogP contribution in [-0.2, 0) is 16.0 Å². The number of ether oxygens (including phenoxy) is 1. The van der Waals surface area contributed by atoms with Crippen molar-refractivity contribution in [3.05, 3.63) is 66.2 Å². The number of carbonyl (C=O) groups is 2. The van der Waals surface area contributed by atoms with Crippen LogP contribution in [0, 0.1) is 5.92 Å². The monoisotopic (exact) mass is 544 g/mol. The fourth-order valence-electron chi connectivity index (χ4n) is 5.35. The first-order chi connectivity index (χ1) is 19.5. The Kier molecular flexibility index (Phi) is 13.8. The Morgan fingerprint density at radius 2 is 1.40 bits per heavy atom. The van der Waals surface area contributed by atoms with Crippen LogP contribution in [-0.4, -0.2) is 17.0 Å². The number of hydrogen-bond acceptors (Lipinski definition) is 3. The van der Waals surface area contributed by atoms with Gasteiger partial charge >= 0.3 is 11.9 Å². The fraction of sp³-hybridized carbons (Fsp3) is 0.500. The summed E-state index contributed by atoms with van der Waals surface area (Å²) in [5.74, 6) is -1.92. The molecule has 1 N–H and O–H groups in total. The number of benzene rings is 3. The minimum absolute atomic E-state index is 0.192. The normalized spacial score (nSPS) is 12.3. The van der Waals surface area contributed by atoms with Crippen molar-refractivity contribution >= 4 is 33.5 Å². The molecule has 4 nitrogen and oxygen atoms in total. The Hall–Kier alpha value is -3.14. The highest BCUT2D eigenvalue weighted by atomic mass is 16.5. The highest BCUT2D eigenvalue weighted by molar-refractivity contribution is 6.06. The molecule has 0 amide bonds. The summed E-state index contributed by atoms with van der Waals surface area (Å²) in [7, 11) is 0. The number of esters is 1. The van der Waals surface area contributed by atoms with E-state index in [1.165, 1.54) is 69.8 Å². The molecule has 3 aromatic carbocycles. The lowest BCUT2D eigenvalue weighted by Crippen LogP contribution is -2.19. The zero-order valence-electron chi connectivity index (χ0n) is 24.6. The minimum atomic E-state index is -1.00. The number of carbonyl (C=O) groups excluding carboxylic acids is 1. The van der Waals surface area contributed by atoms with Gasteiger partial charge in [-0.3, -0.25) is 9.59 Å². The highest BCUT2D eigenvalue weighted by Gasteiger charge is 2.21.